The number of nitrogens with one attached hydrogen (secondary N) is 2. The Hall–Kier alpha value is -2.93. The van der Waals surface area contributed by atoms with E-state index in [1.165, 1.54) is 0 Å². The number of aromatic nitrogens is 1. The number of carbonyl (C=O) groups excluding carboxylic acids is 2. The Bertz CT molecular complexity index is 887. The van der Waals surface area contributed by atoms with Crippen molar-refractivity contribution in [1.29, 1.82) is 0 Å². The number of aliphatic hydroxyl groups is 1. The summed E-state index contributed by atoms with van der Waals surface area (Å²) >= 11 is 0. The Labute approximate surface area is 157 Å². The number of likely N-dealkylation sites (tertiary alicyclic amines) is 1. The van der Waals surface area contributed by atoms with Crippen LogP contribution >= 0.6 is 0 Å². The molecule has 1 aromatic carbocycles. The SMILES string of the molecule is Cc1ccc(C2(O)CCN(C(=O)Nc3ccc4c(c3)CC(=O)N4)CC2)nc1. The highest BCUT2D eigenvalue weighted by Gasteiger charge is 2.36. The second kappa shape index (κ2) is 6.66. The summed E-state index contributed by atoms with van der Waals surface area (Å²) in [6.45, 7) is 2.85. The summed E-state index contributed by atoms with van der Waals surface area (Å²) < 4.78 is 0. The lowest BCUT2D eigenvalue weighted by Crippen LogP contribution is -2.47. The second-order valence-electron chi connectivity index (χ2n) is 7.27. The summed E-state index contributed by atoms with van der Waals surface area (Å²) in [6.07, 6.45) is 2.97. The van der Waals surface area contributed by atoms with E-state index >= 15 is 0 Å². The Morgan fingerprint density at radius 2 is 2.04 bits per heavy atom. The molecule has 0 spiro atoms. The molecule has 0 atom stereocenters. The molecule has 3 amide bonds. The van der Waals surface area contributed by atoms with Gasteiger partial charge in [0.15, 0.2) is 0 Å². The van der Waals surface area contributed by atoms with E-state index in [0.29, 0.717) is 43.7 Å². The van der Waals surface area contributed by atoms with Crippen LogP contribution in [0.5, 0.6) is 0 Å². The van der Waals surface area contributed by atoms with Gasteiger partial charge in [-0.15, -0.1) is 0 Å². The van der Waals surface area contributed by atoms with Crippen LogP contribution in [0.15, 0.2) is 36.5 Å². The van der Waals surface area contributed by atoms with Crippen LogP contribution < -0.4 is 10.6 Å². The standard InChI is InChI=1S/C20H22N4O3/c1-13-2-5-17(21-12-13)20(27)6-8-24(9-7-20)19(26)22-15-3-4-16-14(10-15)11-18(25)23-16/h2-5,10,12,27H,6-9,11H2,1H3,(H,22,26)(H,23,25). The minimum Gasteiger partial charge on any atom is -0.383 e. The number of amides is 3. The molecule has 0 saturated carbocycles. The van der Waals surface area contributed by atoms with Crippen LogP contribution in [0.2, 0.25) is 0 Å². The highest BCUT2D eigenvalue weighted by atomic mass is 16.3. The molecule has 27 heavy (non-hydrogen) atoms. The molecule has 0 unspecified atom stereocenters. The van der Waals surface area contributed by atoms with E-state index in [0.717, 1.165) is 16.8 Å². The van der Waals surface area contributed by atoms with Crippen LogP contribution in [0.1, 0.15) is 29.7 Å². The van der Waals surface area contributed by atoms with Gasteiger partial charge in [-0.25, -0.2) is 4.79 Å². The van der Waals surface area contributed by atoms with Gasteiger partial charge in [0.25, 0.3) is 0 Å². The molecular formula is C20H22N4O3. The second-order valence-corrected chi connectivity index (χ2v) is 7.27. The van der Waals surface area contributed by atoms with Crippen LogP contribution in [0.3, 0.4) is 0 Å². The number of fused-ring (bicyclic) bond motifs is 1. The van der Waals surface area contributed by atoms with E-state index < -0.39 is 5.60 Å². The van der Waals surface area contributed by atoms with Crippen molar-refractivity contribution in [2.45, 2.75) is 31.8 Å². The van der Waals surface area contributed by atoms with Crippen molar-refractivity contribution < 1.29 is 14.7 Å². The summed E-state index contributed by atoms with van der Waals surface area (Å²) in [6, 6.07) is 8.98. The molecule has 7 heteroatoms. The van der Waals surface area contributed by atoms with Gasteiger partial charge in [0.05, 0.1) is 12.1 Å². The molecule has 0 radical (unpaired) electrons. The molecular weight excluding hydrogens is 344 g/mol. The molecule has 4 rings (SSSR count). The van der Waals surface area contributed by atoms with Crippen LogP contribution in [-0.2, 0) is 16.8 Å². The normalized spacial score (nSPS) is 18.0. The van der Waals surface area contributed by atoms with Gasteiger partial charge in [-0.1, -0.05) is 6.07 Å². The number of pyridine rings is 1. The Morgan fingerprint density at radius 3 is 2.74 bits per heavy atom. The van der Waals surface area contributed by atoms with Crippen molar-refractivity contribution in [3.63, 3.8) is 0 Å². The molecule has 2 aromatic rings. The van der Waals surface area contributed by atoms with Crippen molar-refractivity contribution >= 4 is 23.3 Å². The molecule has 0 aliphatic carbocycles. The van der Waals surface area contributed by atoms with E-state index in [-0.39, 0.29) is 11.9 Å². The fourth-order valence-electron chi connectivity index (χ4n) is 3.59. The van der Waals surface area contributed by atoms with Crippen molar-refractivity contribution in [2.75, 3.05) is 23.7 Å². The average Bonchev–Trinajstić information content (AvgIpc) is 3.02. The Morgan fingerprint density at radius 1 is 1.26 bits per heavy atom. The third-order valence-corrected chi connectivity index (χ3v) is 5.25. The summed E-state index contributed by atoms with van der Waals surface area (Å²) in [5.41, 5.74) is 3.05. The Kier molecular flexibility index (Phi) is 4.31. The minimum absolute atomic E-state index is 0.0338. The highest BCUT2D eigenvalue weighted by molar-refractivity contribution is 6.00. The smallest absolute Gasteiger partial charge is 0.321 e. The summed E-state index contributed by atoms with van der Waals surface area (Å²) in [5.74, 6) is -0.0338. The highest BCUT2D eigenvalue weighted by Crippen LogP contribution is 2.32. The minimum atomic E-state index is -0.996. The van der Waals surface area contributed by atoms with Gasteiger partial charge >= 0.3 is 6.03 Å². The lowest BCUT2D eigenvalue weighted by Gasteiger charge is -2.37. The van der Waals surface area contributed by atoms with E-state index in [9.17, 15) is 14.7 Å². The first-order valence-electron chi connectivity index (χ1n) is 9.07. The molecule has 7 nitrogen and oxygen atoms in total. The van der Waals surface area contributed by atoms with Crippen LogP contribution in [0.25, 0.3) is 0 Å². The van der Waals surface area contributed by atoms with Crippen molar-refractivity contribution in [1.82, 2.24) is 9.88 Å². The predicted octanol–water partition coefficient (Wildman–Crippen LogP) is 2.40. The molecule has 0 bridgehead atoms. The van der Waals surface area contributed by atoms with Crippen LogP contribution in [-0.4, -0.2) is 40.0 Å². The molecule has 1 saturated heterocycles. The summed E-state index contributed by atoms with van der Waals surface area (Å²) in [4.78, 5) is 30.0. The number of rotatable bonds is 2. The number of carbonyl (C=O) groups is 2. The number of nitrogens with zero attached hydrogens (tertiary/aromatic N) is 2. The van der Waals surface area contributed by atoms with E-state index in [4.69, 9.17) is 0 Å². The van der Waals surface area contributed by atoms with Gasteiger partial charge in [0.2, 0.25) is 5.91 Å². The van der Waals surface area contributed by atoms with E-state index in [1.807, 2.05) is 25.1 Å². The van der Waals surface area contributed by atoms with Crippen LogP contribution in [0.4, 0.5) is 16.2 Å². The monoisotopic (exact) mass is 366 g/mol. The predicted molar refractivity (Wildman–Crippen MR) is 101 cm³/mol. The van der Waals surface area contributed by atoms with Gasteiger partial charge < -0.3 is 20.6 Å². The van der Waals surface area contributed by atoms with Crippen molar-refractivity contribution in [3.8, 4) is 0 Å². The first-order chi connectivity index (χ1) is 12.9. The van der Waals surface area contributed by atoms with Crippen molar-refractivity contribution in [2.24, 2.45) is 0 Å². The number of hydrogen-bond acceptors (Lipinski definition) is 4. The van der Waals surface area contributed by atoms with Gasteiger partial charge in [0.1, 0.15) is 5.60 Å². The Balaban J connectivity index is 1.38. The quantitative estimate of drug-likeness (QED) is 0.761. The average molecular weight is 366 g/mol. The largest absolute Gasteiger partial charge is 0.383 e. The summed E-state index contributed by atoms with van der Waals surface area (Å²) in [7, 11) is 0. The zero-order chi connectivity index (χ0) is 19.0. The van der Waals surface area contributed by atoms with Gasteiger partial charge in [-0.05, 0) is 55.2 Å². The van der Waals surface area contributed by atoms with Crippen LogP contribution in [0, 0.1) is 6.92 Å². The number of benzene rings is 1. The zero-order valence-corrected chi connectivity index (χ0v) is 15.2. The molecule has 1 fully saturated rings. The number of piperidine rings is 1. The first-order valence-corrected chi connectivity index (χ1v) is 9.07. The zero-order valence-electron chi connectivity index (χ0n) is 15.2. The molecule has 2 aliphatic rings. The van der Waals surface area contributed by atoms with Gasteiger partial charge in [-0.3, -0.25) is 9.78 Å². The van der Waals surface area contributed by atoms with Crippen molar-refractivity contribution in [3.05, 3.63) is 53.3 Å². The first kappa shape index (κ1) is 17.5. The maximum Gasteiger partial charge on any atom is 0.321 e. The fraction of sp³-hybridized carbons (Fsp3) is 0.350. The third kappa shape index (κ3) is 3.50. The molecule has 1 aromatic heterocycles. The number of aryl methyl sites for hydroxylation is 1. The number of anilines is 2. The van der Waals surface area contributed by atoms with Gasteiger partial charge in [0, 0.05) is 30.7 Å². The third-order valence-electron chi connectivity index (χ3n) is 5.25. The lowest BCUT2D eigenvalue weighted by atomic mass is 9.87. The lowest BCUT2D eigenvalue weighted by molar-refractivity contribution is -0.115. The molecule has 140 valence electrons. The molecule has 2 aliphatic heterocycles. The maximum absolute atomic E-state index is 12.6. The topological polar surface area (TPSA) is 94.6 Å². The number of hydrogen-bond donors (Lipinski definition) is 3. The molecule has 3 N–H and O–H groups in total. The fourth-order valence-corrected chi connectivity index (χ4v) is 3.59. The van der Waals surface area contributed by atoms with E-state index in [2.05, 4.69) is 15.6 Å². The molecule has 3 heterocycles. The van der Waals surface area contributed by atoms with Gasteiger partial charge in [-0.2, -0.15) is 0 Å². The maximum atomic E-state index is 12.6. The van der Waals surface area contributed by atoms with E-state index in [1.54, 1.807) is 23.2 Å². The summed E-state index contributed by atoms with van der Waals surface area (Å²) in [5, 5.41) is 16.5. The number of urea groups is 1.